The fourth-order valence-corrected chi connectivity index (χ4v) is 4.11. The smallest absolute Gasteiger partial charge is 0.200 e. The van der Waals surface area contributed by atoms with Gasteiger partial charge in [0.25, 0.3) is 0 Å². The second kappa shape index (κ2) is 9.13. The third-order valence-electron chi connectivity index (χ3n) is 6.00. The molecule has 0 atom stereocenters. The molecule has 170 valence electrons. The molecule has 1 aromatic carbocycles. The van der Waals surface area contributed by atoms with Crippen LogP contribution in [0.5, 0.6) is 0 Å². The maximum atomic E-state index is 4.92. The molecule has 0 spiro atoms. The summed E-state index contributed by atoms with van der Waals surface area (Å²) in [5.74, 6) is 1.05. The van der Waals surface area contributed by atoms with E-state index in [0.717, 1.165) is 70.3 Å². The van der Waals surface area contributed by atoms with Gasteiger partial charge in [0.15, 0.2) is 0 Å². The summed E-state index contributed by atoms with van der Waals surface area (Å²) in [7, 11) is 0. The average molecular weight is 451 g/mol. The predicted octanol–water partition coefficient (Wildman–Crippen LogP) is 4.74. The van der Waals surface area contributed by atoms with Crippen molar-refractivity contribution in [2.75, 3.05) is 0 Å². The molecular formula is C26H26N8. The van der Waals surface area contributed by atoms with Crippen LogP contribution in [0.1, 0.15) is 50.5 Å². The number of benzene rings is 1. The van der Waals surface area contributed by atoms with Crippen LogP contribution in [0.2, 0.25) is 0 Å². The lowest BCUT2D eigenvalue weighted by molar-refractivity contribution is 0.826. The first-order valence-corrected chi connectivity index (χ1v) is 11.8. The van der Waals surface area contributed by atoms with E-state index < -0.39 is 0 Å². The third kappa shape index (κ3) is 3.85. The first kappa shape index (κ1) is 21.9. The molecule has 0 fully saturated rings. The highest BCUT2D eigenvalue weighted by molar-refractivity contribution is 6.03. The Morgan fingerprint density at radius 3 is 1.21 bits per heavy atom. The summed E-state index contributed by atoms with van der Waals surface area (Å²) in [4.78, 5) is 19.3. The highest BCUT2D eigenvalue weighted by Crippen LogP contribution is 2.27. The van der Waals surface area contributed by atoms with Crippen molar-refractivity contribution in [3.8, 4) is 23.0 Å². The second-order valence-corrected chi connectivity index (χ2v) is 8.07. The van der Waals surface area contributed by atoms with Gasteiger partial charge in [-0.15, -0.1) is 10.2 Å². The molecule has 0 unspecified atom stereocenters. The molecule has 4 aromatic heterocycles. The van der Waals surface area contributed by atoms with E-state index in [9.17, 15) is 0 Å². The predicted molar refractivity (Wildman–Crippen MR) is 132 cm³/mol. The van der Waals surface area contributed by atoms with Crippen LogP contribution < -0.4 is 0 Å². The second-order valence-electron chi connectivity index (χ2n) is 8.07. The zero-order valence-corrected chi connectivity index (χ0v) is 19.9. The Kier molecular flexibility index (Phi) is 5.88. The first-order chi connectivity index (χ1) is 16.6. The van der Waals surface area contributed by atoms with Crippen molar-refractivity contribution in [1.29, 1.82) is 0 Å². The SMILES string of the molecule is CCc1nnc(-c2ccc3ccc4ccc(-c5nnc(CC)c(CC)n5)nc4c3n2)nc1CC. The van der Waals surface area contributed by atoms with E-state index in [4.69, 9.17) is 19.9 Å². The summed E-state index contributed by atoms with van der Waals surface area (Å²) in [5, 5.41) is 19.4. The minimum atomic E-state index is 0.527. The fourth-order valence-electron chi connectivity index (χ4n) is 4.11. The maximum absolute atomic E-state index is 4.92. The molecule has 0 N–H and O–H groups in total. The average Bonchev–Trinajstić information content (AvgIpc) is 2.91. The highest BCUT2D eigenvalue weighted by atomic mass is 15.2. The van der Waals surface area contributed by atoms with E-state index in [1.54, 1.807) is 0 Å². The summed E-state index contributed by atoms with van der Waals surface area (Å²) in [6.07, 6.45) is 3.22. The molecule has 0 saturated heterocycles. The van der Waals surface area contributed by atoms with E-state index in [1.165, 1.54) is 0 Å². The minimum absolute atomic E-state index is 0.527. The van der Waals surface area contributed by atoms with Gasteiger partial charge in [0, 0.05) is 10.8 Å². The third-order valence-corrected chi connectivity index (χ3v) is 6.00. The van der Waals surface area contributed by atoms with E-state index >= 15 is 0 Å². The number of nitrogens with zero attached hydrogens (tertiary/aromatic N) is 8. The van der Waals surface area contributed by atoms with Crippen LogP contribution in [0.4, 0.5) is 0 Å². The van der Waals surface area contributed by atoms with Crippen molar-refractivity contribution in [1.82, 2.24) is 40.3 Å². The van der Waals surface area contributed by atoms with Gasteiger partial charge in [0.2, 0.25) is 11.6 Å². The molecule has 0 bridgehead atoms. The lowest BCUT2D eigenvalue weighted by Crippen LogP contribution is -2.05. The minimum Gasteiger partial charge on any atom is -0.242 e. The van der Waals surface area contributed by atoms with Crippen molar-refractivity contribution in [2.24, 2.45) is 0 Å². The fraction of sp³-hybridized carbons (Fsp3) is 0.308. The molecular weight excluding hydrogens is 424 g/mol. The molecule has 8 heteroatoms. The van der Waals surface area contributed by atoms with Gasteiger partial charge in [-0.1, -0.05) is 52.0 Å². The van der Waals surface area contributed by atoms with Gasteiger partial charge >= 0.3 is 0 Å². The van der Waals surface area contributed by atoms with Crippen molar-refractivity contribution >= 4 is 21.8 Å². The number of aromatic nitrogens is 8. The summed E-state index contributed by atoms with van der Waals surface area (Å²) < 4.78 is 0. The Morgan fingerprint density at radius 2 is 0.824 bits per heavy atom. The monoisotopic (exact) mass is 450 g/mol. The number of hydrogen-bond donors (Lipinski definition) is 0. The molecule has 0 aliphatic rings. The van der Waals surface area contributed by atoms with Gasteiger partial charge in [-0.25, -0.2) is 19.9 Å². The Morgan fingerprint density at radius 1 is 0.441 bits per heavy atom. The molecule has 5 rings (SSSR count). The summed E-state index contributed by atoms with van der Waals surface area (Å²) in [6.45, 7) is 8.28. The molecule has 34 heavy (non-hydrogen) atoms. The topological polar surface area (TPSA) is 103 Å². The van der Waals surface area contributed by atoms with Crippen molar-refractivity contribution in [2.45, 2.75) is 53.4 Å². The van der Waals surface area contributed by atoms with Gasteiger partial charge in [-0.2, -0.15) is 10.2 Å². The van der Waals surface area contributed by atoms with E-state index in [2.05, 4.69) is 60.2 Å². The number of hydrogen-bond acceptors (Lipinski definition) is 8. The van der Waals surface area contributed by atoms with Gasteiger partial charge in [0.05, 0.1) is 33.8 Å². The molecule has 0 saturated carbocycles. The van der Waals surface area contributed by atoms with Crippen LogP contribution in [0.3, 0.4) is 0 Å². The number of rotatable bonds is 6. The van der Waals surface area contributed by atoms with Crippen molar-refractivity contribution in [3.05, 3.63) is 59.2 Å². The number of aryl methyl sites for hydroxylation is 4. The Balaban J connectivity index is 1.66. The largest absolute Gasteiger partial charge is 0.242 e. The number of fused-ring (bicyclic) bond motifs is 3. The zero-order chi connectivity index (χ0) is 23.7. The summed E-state index contributed by atoms with van der Waals surface area (Å²) in [6, 6.07) is 12.0. The molecule has 0 aliphatic heterocycles. The van der Waals surface area contributed by atoms with E-state index in [-0.39, 0.29) is 0 Å². The lowest BCUT2D eigenvalue weighted by atomic mass is 10.1. The van der Waals surface area contributed by atoms with Gasteiger partial charge in [0.1, 0.15) is 11.4 Å². The Labute approximate surface area is 198 Å². The first-order valence-electron chi connectivity index (χ1n) is 11.8. The highest BCUT2D eigenvalue weighted by Gasteiger charge is 2.14. The molecule has 5 aromatic rings. The van der Waals surface area contributed by atoms with E-state index in [1.807, 2.05) is 24.3 Å². The van der Waals surface area contributed by atoms with Gasteiger partial charge < -0.3 is 0 Å². The molecule has 0 radical (unpaired) electrons. The van der Waals surface area contributed by atoms with Crippen LogP contribution in [0.25, 0.3) is 44.8 Å². The molecule has 0 amide bonds. The van der Waals surface area contributed by atoms with Crippen LogP contribution in [0.15, 0.2) is 36.4 Å². The maximum Gasteiger partial charge on any atom is 0.200 e. The zero-order valence-electron chi connectivity index (χ0n) is 19.9. The Hall–Kier alpha value is -3.94. The normalized spacial score (nSPS) is 11.4. The summed E-state index contributed by atoms with van der Waals surface area (Å²) >= 11 is 0. The van der Waals surface area contributed by atoms with Crippen molar-refractivity contribution < 1.29 is 0 Å². The molecule has 0 aliphatic carbocycles. The Bertz CT molecular complexity index is 1400. The number of pyridine rings is 2. The summed E-state index contributed by atoms with van der Waals surface area (Å²) in [5.41, 5.74) is 6.69. The standard InChI is InChI=1S/C26H26N8/c1-5-17-19(7-3)31-33-25(29-17)21-13-11-15-9-10-16-12-14-22(28-24(16)23(15)27-21)26-30-18(6-2)20(8-4)32-34-26/h9-14H,5-8H2,1-4H3. The van der Waals surface area contributed by atoms with Gasteiger partial charge in [-0.3, -0.25) is 0 Å². The molecule has 8 nitrogen and oxygen atoms in total. The van der Waals surface area contributed by atoms with Crippen LogP contribution >= 0.6 is 0 Å². The van der Waals surface area contributed by atoms with Gasteiger partial charge in [-0.05, 0) is 37.8 Å². The van der Waals surface area contributed by atoms with Crippen LogP contribution in [-0.2, 0) is 25.7 Å². The molecule has 4 heterocycles. The lowest BCUT2D eigenvalue weighted by Gasteiger charge is -2.09. The van der Waals surface area contributed by atoms with Crippen molar-refractivity contribution in [3.63, 3.8) is 0 Å². The van der Waals surface area contributed by atoms with Crippen LogP contribution in [-0.4, -0.2) is 40.3 Å². The van der Waals surface area contributed by atoms with Crippen LogP contribution in [0, 0.1) is 0 Å². The quantitative estimate of drug-likeness (QED) is 0.342. The van der Waals surface area contributed by atoms with E-state index in [0.29, 0.717) is 23.0 Å².